The van der Waals surface area contributed by atoms with Crippen LogP contribution in [0.25, 0.3) is 0 Å². The van der Waals surface area contributed by atoms with Gasteiger partial charge in [-0.05, 0) is 30.3 Å². The Morgan fingerprint density at radius 1 is 1.10 bits per heavy atom. The van der Waals surface area contributed by atoms with E-state index in [0.29, 0.717) is 50.7 Å². The lowest BCUT2D eigenvalue weighted by Gasteiger charge is -2.07. The number of aromatic nitrogens is 3. The number of ketones is 1. The molecule has 3 aromatic rings. The molecule has 0 aliphatic rings. The van der Waals surface area contributed by atoms with Crippen molar-refractivity contribution in [1.82, 2.24) is 20.1 Å². The first-order valence-corrected chi connectivity index (χ1v) is 10.9. The minimum absolute atomic E-state index is 0.0621. The summed E-state index contributed by atoms with van der Waals surface area (Å²) in [6, 6.07) is 13.2. The molecule has 1 N–H and O–H groups in total. The van der Waals surface area contributed by atoms with Crippen molar-refractivity contribution in [2.24, 2.45) is 7.05 Å². The number of amides is 1. The number of thioether (sulfide) groups is 1. The molecule has 0 unspecified atom stereocenters. The van der Waals surface area contributed by atoms with E-state index in [9.17, 15) is 9.59 Å². The second-order valence-electron chi connectivity index (χ2n) is 6.49. The Morgan fingerprint density at radius 2 is 1.81 bits per heavy atom. The zero-order chi connectivity index (χ0) is 22.4. The molecule has 0 radical (unpaired) electrons. The molecular formula is C21H17Cl2N5O2S. The Kier molecular flexibility index (Phi) is 7.69. The van der Waals surface area contributed by atoms with Gasteiger partial charge in [0.25, 0.3) is 5.91 Å². The smallest absolute Gasteiger partial charge is 0.251 e. The Labute approximate surface area is 193 Å². The van der Waals surface area contributed by atoms with Gasteiger partial charge in [0, 0.05) is 31.1 Å². The fraction of sp³-hybridized carbons (Fsp3) is 0.190. The molecule has 0 aliphatic heterocycles. The van der Waals surface area contributed by atoms with Crippen LogP contribution in [0.4, 0.5) is 0 Å². The van der Waals surface area contributed by atoms with Crippen molar-refractivity contribution in [2.45, 2.75) is 11.6 Å². The van der Waals surface area contributed by atoms with Crippen LogP contribution < -0.4 is 5.32 Å². The standard InChI is InChI=1S/C21H17Cl2N5O2S/c1-28-19(8-9-25-20(30)15-6-7-16(22)17(23)10-15)26-27-21(28)31-12-18(29)14-4-2-13(11-24)3-5-14/h2-7,10H,8-9,12H2,1H3,(H,25,30). The highest BCUT2D eigenvalue weighted by Gasteiger charge is 2.14. The first-order chi connectivity index (χ1) is 14.9. The molecule has 0 atom stereocenters. The third kappa shape index (κ3) is 5.85. The fourth-order valence-corrected chi connectivity index (χ4v) is 3.78. The van der Waals surface area contributed by atoms with E-state index in [1.807, 2.05) is 13.1 Å². The number of halogens is 2. The summed E-state index contributed by atoms with van der Waals surface area (Å²) in [7, 11) is 1.81. The summed E-state index contributed by atoms with van der Waals surface area (Å²) in [6.45, 7) is 0.361. The van der Waals surface area contributed by atoms with Gasteiger partial charge < -0.3 is 9.88 Å². The molecule has 31 heavy (non-hydrogen) atoms. The Morgan fingerprint density at radius 3 is 2.48 bits per heavy atom. The molecule has 1 aromatic heterocycles. The topological polar surface area (TPSA) is 101 Å². The van der Waals surface area contributed by atoms with Crippen molar-refractivity contribution < 1.29 is 9.59 Å². The number of rotatable bonds is 8. The maximum Gasteiger partial charge on any atom is 0.251 e. The van der Waals surface area contributed by atoms with Crippen molar-refractivity contribution in [1.29, 1.82) is 5.26 Å². The predicted octanol–water partition coefficient (Wildman–Crippen LogP) is 3.94. The summed E-state index contributed by atoms with van der Waals surface area (Å²) in [5, 5.41) is 21.2. The van der Waals surface area contributed by atoms with Crippen molar-refractivity contribution in [3.8, 4) is 6.07 Å². The van der Waals surface area contributed by atoms with Gasteiger partial charge in [0.05, 0.1) is 27.4 Å². The van der Waals surface area contributed by atoms with Gasteiger partial charge in [-0.2, -0.15) is 5.26 Å². The Hall–Kier alpha value is -2.86. The molecular weight excluding hydrogens is 457 g/mol. The fourth-order valence-electron chi connectivity index (χ4n) is 2.66. The Bertz CT molecular complexity index is 1160. The van der Waals surface area contributed by atoms with E-state index in [-0.39, 0.29) is 17.4 Å². The van der Waals surface area contributed by atoms with Gasteiger partial charge in [-0.3, -0.25) is 9.59 Å². The van der Waals surface area contributed by atoms with Gasteiger partial charge >= 0.3 is 0 Å². The molecule has 0 aliphatic carbocycles. The maximum atomic E-state index is 12.3. The van der Waals surface area contributed by atoms with Crippen LogP contribution in [0.2, 0.25) is 10.0 Å². The first kappa shape index (κ1) is 22.8. The molecule has 0 saturated carbocycles. The molecule has 10 heteroatoms. The van der Waals surface area contributed by atoms with E-state index in [1.165, 1.54) is 17.8 Å². The minimum Gasteiger partial charge on any atom is -0.352 e. The maximum absolute atomic E-state index is 12.3. The third-order valence-corrected chi connectivity index (χ3v) is 6.17. The van der Waals surface area contributed by atoms with E-state index < -0.39 is 0 Å². The van der Waals surface area contributed by atoms with E-state index in [0.717, 1.165) is 0 Å². The second kappa shape index (κ2) is 10.4. The molecule has 3 rings (SSSR count). The van der Waals surface area contributed by atoms with Crippen LogP contribution in [0.15, 0.2) is 47.6 Å². The SMILES string of the molecule is Cn1c(CCNC(=O)c2ccc(Cl)c(Cl)c2)nnc1SCC(=O)c1ccc(C#N)cc1. The third-order valence-electron chi connectivity index (χ3n) is 4.41. The van der Waals surface area contributed by atoms with Crippen LogP contribution >= 0.6 is 35.0 Å². The lowest BCUT2D eigenvalue weighted by Crippen LogP contribution is -2.26. The minimum atomic E-state index is -0.261. The molecule has 0 saturated heterocycles. The number of carbonyl (C=O) groups excluding carboxylic acids is 2. The average Bonchev–Trinajstić information content (AvgIpc) is 3.13. The van der Waals surface area contributed by atoms with Gasteiger partial charge in [-0.25, -0.2) is 0 Å². The lowest BCUT2D eigenvalue weighted by molar-refractivity contribution is 0.0953. The molecule has 2 aromatic carbocycles. The van der Waals surface area contributed by atoms with E-state index in [1.54, 1.807) is 41.0 Å². The number of hydrogen-bond donors (Lipinski definition) is 1. The number of hydrogen-bond acceptors (Lipinski definition) is 6. The molecule has 0 bridgehead atoms. The zero-order valence-corrected chi connectivity index (χ0v) is 18.8. The van der Waals surface area contributed by atoms with Crippen molar-refractivity contribution >= 4 is 46.7 Å². The quantitative estimate of drug-likeness (QED) is 0.392. The predicted molar refractivity (Wildman–Crippen MR) is 120 cm³/mol. The highest BCUT2D eigenvalue weighted by Crippen LogP contribution is 2.22. The van der Waals surface area contributed by atoms with Crippen molar-refractivity contribution in [2.75, 3.05) is 12.3 Å². The summed E-state index contributed by atoms with van der Waals surface area (Å²) >= 11 is 13.1. The normalized spacial score (nSPS) is 10.5. The summed E-state index contributed by atoms with van der Waals surface area (Å²) < 4.78 is 1.79. The van der Waals surface area contributed by atoms with Crippen LogP contribution in [0, 0.1) is 11.3 Å². The van der Waals surface area contributed by atoms with Gasteiger partial charge in [0.1, 0.15) is 5.82 Å². The number of carbonyl (C=O) groups is 2. The van der Waals surface area contributed by atoms with Crippen LogP contribution in [-0.4, -0.2) is 38.8 Å². The number of nitrogens with zero attached hydrogens (tertiary/aromatic N) is 4. The molecule has 0 spiro atoms. The molecule has 1 heterocycles. The summed E-state index contributed by atoms with van der Waals surface area (Å²) in [5.74, 6) is 0.561. The van der Waals surface area contributed by atoms with Crippen molar-refractivity contribution in [3.05, 3.63) is 75.0 Å². The molecule has 1 amide bonds. The average molecular weight is 474 g/mol. The largest absolute Gasteiger partial charge is 0.352 e. The van der Waals surface area contributed by atoms with Gasteiger partial charge in [-0.1, -0.05) is 47.1 Å². The summed E-state index contributed by atoms with van der Waals surface area (Å²) in [4.78, 5) is 24.6. The van der Waals surface area contributed by atoms with Crippen molar-refractivity contribution in [3.63, 3.8) is 0 Å². The molecule has 7 nitrogen and oxygen atoms in total. The second-order valence-corrected chi connectivity index (χ2v) is 8.25. The number of nitrogens with one attached hydrogen (secondary N) is 1. The number of Topliss-reactive ketones (excluding diaryl/α,β-unsaturated/α-hetero) is 1. The van der Waals surface area contributed by atoms with Crippen LogP contribution in [-0.2, 0) is 13.5 Å². The first-order valence-electron chi connectivity index (χ1n) is 9.16. The van der Waals surface area contributed by atoms with Crippen LogP contribution in [0.5, 0.6) is 0 Å². The highest BCUT2D eigenvalue weighted by molar-refractivity contribution is 7.99. The van der Waals surface area contributed by atoms with Gasteiger partial charge in [-0.15, -0.1) is 10.2 Å². The number of nitriles is 1. The van der Waals surface area contributed by atoms with E-state index >= 15 is 0 Å². The molecule has 0 fully saturated rings. The lowest BCUT2D eigenvalue weighted by atomic mass is 10.1. The molecule has 158 valence electrons. The zero-order valence-electron chi connectivity index (χ0n) is 16.4. The Balaban J connectivity index is 1.51. The van der Waals surface area contributed by atoms with Gasteiger partial charge in [0.15, 0.2) is 10.9 Å². The summed E-state index contributed by atoms with van der Waals surface area (Å²) in [5.41, 5.74) is 1.47. The van der Waals surface area contributed by atoms with E-state index in [4.69, 9.17) is 28.5 Å². The van der Waals surface area contributed by atoms with E-state index in [2.05, 4.69) is 15.5 Å². The van der Waals surface area contributed by atoms with Crippen LogP contribution in [0.3, 0.4) is 0 Å². The monoisotopic (exact) mass is 473 g/mol. The van der Waals surface area contributed by atoms with Crippen LogP contribution in [0.1, 0.15) is 32.1 Å². The number of benzene rings is 2. The highest BCUT2D eigenvalue weighted by atomic mass is 35.5. The van der Waals surface area contributed by atoms with Gasteiger partial charge in [0.2, 0.25) is 0 Å². The summed E-state index contributed by atoms with van der Waals surface area (Å²) in [6.07, 6.45) is 0.473.